The van der Waals surface area contributed by atoms with E-state index >= 15 is 0 Å². The minimum atomic E-state index is -0.0699. The molecule has 0 spiro atoms. The molecular formula is C21H25N5OS. The Morgan fingerprint density at radius 3 is 2.43 bits per heavy atom. The van der Waals surface area contributed by atoms with Crippen LogP contribution in [0, 0.1) is 6.92 Å². The lowest BCUT2D eigenvalue weighted by atomic mass is 10.2. The van der Waals surface area contributed by atoms with E-state index in [-0.39, 0.29) is 5.91 Å². The smallest absolute Gasteiger partial charge is 0.226 e. The van der Waals surface area contributed by atoms with Crippen LogP contribution in [0.15, 0.2) is 36.4 Å². The molecule has 7 heteroatoms. The molecule has 2 aromatic carbocycles. The summed E-state index contributed by atoms with van der Waals surface area (Å²) in [6, 6.07) is 12.1. The maximum Gasteiger partial charge on any atom is 0.226 e. The van der Waals surface area contributed by atoms with Gasteiger partial charge < -0.3 is 10.6 Å². The first kappa shape index (κ1) is 19.9. The second kappa shape index (κ2) is 8.93. The third-order valence-electron chi connectivity index (χ3n) is 4.56. The summed E-state index contributed by atoms with van der Waals surface area (Å²) in [5.74, 6) is -0.0699. The van der Waals surface area contributed by atoms with E-state index < -0.39 is 0 Å². The molecule has 3 aromatic rings. The summed E-state index contributed by atoms with van der Waals surface area (Å²) in [5, 5.41) is 15.3. The summed E-state index contributed by atoms with van der Waals surface area (Å²) in [6.07, 6.45) is 3.29. The predicted molar refractivity (Wildman–Crippen MR) is 117 cm³/mol. The van der Waals surface area contributed by atoms with Crippen LogP contribution < -0.4 is 10.6 Å². The fourth-order valence-electron chi connectivity index (χ4n) is 2.86. The molecule has 1 aromatic heterocycles. The molecule has 0 aliphatic rings. The Kier molecular flexibility index (Phi) is 6.36. The first-order chi connectivity index (χ1) is 13.5. The Morgan fingerprint density at radius 1 is 1.11 bits per heavy atom. The number of hydrogen-bond acceptors (Lipinski definition) is 4. The summed E-state index contributed by atoms with van der Waals surface area (Å²) in [4.78, 5) is 13.5. The van der Waals surface area contributed by atoms with Crippen molar-refractivity contribution in [3.8, 4) is 5.69 Å². The van der Waals surface area contributed by atoms with Crippen LogP contribution in [0.1, 0.15) is 44.2 Å². The molecule has 2 N–H and O–H groups in total. The van der Waals surface area contributed by atoms with Crippen LogP contribution in [0.4, 0.5) is 5.69 Å². The van der Waals surface area contributed by atoms with Crippen molar-refractivity contribution < 1.29 is 4.79 Å². The highest BCUT2D eigenvalue weighted by Crippen LogP contribution is 2.22. The van der Waals surface area contributed by atoms with Gasteiger partial charge in [0.2, 0.25) is 5.91 Å². The van der Waals surface area contributed by atoms with E-state index in [2.05, 4.69) is 39.9 Å². The first-order valence-electron chi connectivity index (χ1n) is 9.58. The summed E-state index contributed by atoms with van der Waals surface area (Å²) >= 11 is 5.27. The second-order valence-corrected chi connectivity index (χ2v) is 7.18. The summed E-state index contributed by atoms with van der Waals surface area (Å²) in [6.45, 7) is 6.15. The molecule has 1 heterocycles. The Bertz CT molecular complexity index is 994. The van der Waals surface area contributed by atoms with Crippen LogP contribution in [0.2, 0.25) is 0 Å². The molecule has 0 aliphatic carbocycles. The standard InChI is InChI=1S/C21H25N5OS/c1-4-6-7-20(27)23-21(28)22-17-13-19-18(12-14(17)3)24-26(25-19)16-10-8-15(5-2)9-11-16/h8-13H,4-7H2,1-3H3,(H2,22,23,27,28). The van der Waals surface area contributed by atoms with Gasteiger partial charge in [-0.15, -0.1) is 10.2 Å². The van der Waals surface area contributed by atoms with E-state index in [1.807, 2.05) is 38.1 Å². The quantitative estimate of drug-likeness (QED) is 0.609. The molecule has 0 unspecified atom stereocenters. The third kappa shape index (κ3) is 4.72. The molecule has 0 saturated carbocycles. The lowest BCUT2D eigenvalue weighted by Gasteiger charge is -2.11. The highest BCUT2D eigenvalue weighted by molar-refractivity contribution is 7.80. The molecule has 0 fully saturated rings. The number of aromatic nitrogens is 3. The molecule has 3 rings (SSSR count). The molecule has 0 saturated heterocycles. The number of unbranched alkanes of at least 4 members (excludes halogenated alkanes) is 1. The Hall–Kier alpha value is -2.80. The normalized spacial score (nSPS) is 10.8. The lowest BCUT2D eigenvalue weighted by molar-refractivity contribution is -0.119. The van der Waals surface area contributed by atoms with Gasteiger partial charge in [0, 0.05) is 12.1 Å². The fourth-order valence-corrected chi connectivity index (χ4v) is 3.09. The topological polar surface area (TPSA) is 71.8 Å². The number of aryl methyl sites for hydroxylation is 2. The van der Waals surface area contributed by atoms with Crippen molar-refractivity contribution in [1.82, 2.24) is 20.3 Å². The maximum atomic E-state index is 11.8. The Morgan fingerprint density at radius 2 is 1.79 bits per heavy atom. The Labute approximate surface area is 170 Å². The van der Waals surface area contributed by atoms with Crippen LogP contribution in [0.25, 0.3) is 16.7 Å². The zero-order chi connectivity index (χ0) is 20.1. The summed E-state index contributed by atoms with van der Waals surface area (Å²) in [7, 11) is 0. The van der Waals surface area contributed by atoms with Gasteiger partial charge in [0.15, 0.2) is 5.11 Å². The highest BCUT2D eigenvalue weighted by atomic mass is 32.1. The minimum absolute atomic E-state index is 0.0699. The number of anilines is 1. The maximum absolute atomic E-state index is 11.8. The van der Waals surface area contributed by atoms with E-state index in [4.69, 9.17) is 12.2 Å². The van der Waals surface area contributed by atoms with Gasteiger partial charge in [-0.25, -0.2) is 0 Å². The zero-order valence-electron chi connectivity index (χ0n) is 16.5. The van der Waals surface area contributed by atoms with Crippen LogP contribution in [0.3, 0.4) is 0 Å². The molecular weight excluding hydrogens is 370 g/mol. The van der Waals surface area contributed by atoms with E-state index in [0.717, 1.165) is 47.2 Å². The van der Waals surface area contributed by atoms with Gasteiger partial charge in [0.25, 0.3) is 0 Å². The largest absolute Gasteiger partial charge is 0.332 e. The van der Waals surface area contributed by atoms with Gasteiger partial charge in [-0.05, 0) is 67.4 Å². The van der Waals surface area contributed by atoms with E-state index in [0.29, 0.717) is 11.5 Å². The van der Waals surface area contributed by atoms with Crippen LogP contribution >= 0.6 is 12.2 Å². The number of hydrogen-bond donors (Lipinski definition) is 2. The van der Waals surface area contributed by atoms with Crippen molar-refractivity contribution in [2.75, 3.05) is 5.32 Å². The monoisotopic (exact) mass is 395 g/mol. The fraction of sp³-hybridized carbons (Fsp3) is 0.333. The lowest BCUT2D eigenvalue weighted by Crippen LogP contribution is -2.34. The van der Waals surface area contributed by atoms with Gasteiger partial charge in [0.05, 0.1) is 5.69 Å². The van der Waals surface area contributed by atoms with E-state index in [1.165, 1.54) is 5.56 Å². The van der Waals surface area contributed by atoms with Crippen molar-refractivity contribution in [2.24, 2.45) is 0 Å². The molecule has 0 aliphatic heterocycles. The van der Waals surface area contributed by atoms with Gasteiger partial charge in [-0.1, -0.05) is 32.4 Å². The predicted octanol–water partition coefficient (Wildman–Crippen LogP) is 4.29. The second-order valence-electron chi connectivity index (χ2n) is 6.77. The molecule has 28 heavy (non-hydrogen) atoms. The molecule has 6 nitrogen and oxygen atoms in total. The molecule has 0 radical (unpaired) electrons. The molecule has 1 amide bonds. The SMILES string of the molecule is CCCCC(=O)NC(=S)Nc1cc2nn(-c3ccc(CC)cc3)nc2cc1C. The number of nitrogens with zero attached hydrogens (tertiary/aromatic N) is 3. The molecule has 0 bridgehead atoms. The first-order valence-corrected chi connectivity index (χ1v) is 9.98. The Balaban J connectivity index is 1.78. The highest BCUT2D eigenvalue weighted by Gasteiger charge is 2.11. The van der Waals surface area contributed by atoms with Crippen molar-refractivity contribution in [1.29, 1.82) is 0 Å². The van der Waals surface area contributed by atoms with Gasteiger partial charge in [-0.2, -0.15) is 4.80 Å². The zero-order valence-corrected chi connectivity index (χ0v) is 17.3. The van der Waals surface area contributed by atoms with Crippen LogP contribution in [-0.2, 0) is 11.2 Å². The number of carbonyl (C=O) groups excluding carboxylic acids is 1. The number of fused-ring (bicyclic) bond motifs is 1. The minimum Gasteiger partial charge on any atom is -0.332 e. The van der Waals surface area contributed by atoms with Crippen LogP contribution in [-0.4, -0.2) is 26.0 Å². The third-order valence-corrected chi connectivity index (χ3v) is 4.76. The van der Waals surface area contributed by atoms with E-state index in [9.17, 15) is 4.79 Å². The van der Waals surface area contributed by atoms with Crippen molar-refractivity contribution >= 4 is 40.0 Å². The summed E-state index contributed by atoms with van der Waals surface area (Å²) in [5.41, 5.74) is 5.54. The van der Waals surface area contributed by atoms with Crippen LogP contribution in [0.5, 0.6) is 0 Å². The number of amides is 1. The molecule has 0 atom stereocenters. The average Bonchev–Trinajstić information content (AvgIpc) is 3.09. The number of carbonyl (C=O) groups is 1. The van der Waals surface area contributed by atoms with Gasteiger partial charge >= 0.3 is 0 Å². The number of thiocarbonyl (C=S) groups is 1. The van der Waals surface area contributed by atoms with E-state index in [1.54, 1.807) is 4.80 Å². The number of nitrogens with one attached hydrogen (secondary N) is 2. The molecule has 146 valence electrons. The van der Waals surface area contributed by atoms with Crippen molar-refractivity contribution in [2.45, 2.75) is 46.5 Å². The van der Waals surface area contributed by atoms with Gasteiger partial charge in [0.1, 0.15) is 11.0 Å². The number of rotatable bonds is 6. The van der Waals surface area contributed by atoms with Gasteiger partial charge in [-0.3, -0.25) is 4.79 Å². The van der Waals surface area contributed by atoms with Crippen molar-refractivity contribution in [3.05, 3.63) is 47.5 Å². The van der Waals surface area contributed by atoms with Crippen molar-refractivity contribution in [3.63, 3.8) is 0 Å². The average molecular weight is 396 g/mol. The number of benzene rings is 2. The summed E-state index contributed by atoms with van der Waals surface area (Å²) < 4.78 is 0.